The molecule has 0 atom stereocenters. The molecule has 0 saturated carbocycles. The van der Waals surface area contributed by atoms with Crippen molar-refractivity contribution in [1.82, 2.24) is 9.97 Å². The molecule has 0 aliphatic rings. The summed E-state index contributed by atoms with van der Waals surface area (Å²) < 4.78 is 10.6. The number of ether oxygens (including phenoxy) is 2. The summed E-state index contributed by atoms with van der Waals surface area (Å²) in [6.07, 6.45) is 3.56. The smallest absolute Gasteiger partial charge is 0.225 e. The van der Waals surface area contributed by atoms with Crippen molar-refractivity contribution in [2.45, 2.75) is 19.8 Å². The van der Waals surface area contributed by atoms with Crippen LogP contribution in [0.4, 0.5) is 5.95 Å². The molecule has 0 spiro atoms. The van der Waals surface area contributed by atoms with Crippen molar-refractivity contribution in [2.75, 3.05) is 25.6 Å². The Bertz CT molecular complexity index is 543. The number of methoxy groups -OCH3 is 1. The van der Waals surface area contributed by atoms with Crippen molar-refractivity contribution in [3.63, 3.8) is 0 Å². The number of rotatable bonds is 8. The molecule has 5 nitrogen and oxygen atoms in total. The van der Waals surface area contributed by atoms with Crippen LogP contribution in [0.5, 0.6) is 11.6 Å². The van der Waals surface area contributed by atoms with E-state index in [-0.39, 0.29) is 0 Å². The molecule has 0 bridgehead atoms. The summed E-state index contributed by atoms with van der Waals surface area (Å²) in [6, 6.07) is 9.81. The summed E-state index contributed by atoms with van der Waals surface area (Å²) in [4.78, 5) is 8.49. The van der Waals surface area contributed by atoms with Gasteiger partial charge in [0.25, 0.3) is 0 Å². The maximum Gasteiger partial charge on any atom is 0.225 e. The molecule has 5 heteroatoms. The van der Waals surface area contributed by atoms with E-state index in [0.717, 1.165) is 25.1 Å². The average molecular weight is 287 g/mol. The maximum atomic E-state index is 5.48. The van der Waals surface area contributed by atoms with Crippen LogP contribution in [0.1, 0.15) is 18.9 Å². The summed E-state index contributed by atoms with van der Waals surface area (Å²) in [5.41, 5.74) is 1.24. The van der Waals surface area contributed by atoms with Crippen LogP contribution in [0.25, 0.3) is 0 Å². The number of hydrogen-bond donors (Lipinski definition) is 1. The Morgan fingerprint density at radius 3 is 2.67 bits per heavy atom. The molecule has 0 amide bonds. The van der Waals surface area contributed by atoms with Gasteiger partial charge in [0.1, 0.15) is 5.75 Å². The Morgan fingerprint density at radius 2 is 1.95 bits per heavy atom. The van der Waals surface area contributed by atoms with Gasteiger partial charge in [-0.15, -0.1) is 0 Å². The van der Waals surface area contributed by atoms with Crippen molar-refractivity contribution in [3.05, 3.63) is 42.1 Å². The maximum absolute atomic E-state index is 5.48. The second-order valence-corrected chi connectivity index (χ2v) is 4.59. The number of nitrogens with zero attached hydrogens (tertiary/aromatic N) is 2. The Balaban J connectivity index is 1.82. The summed E-state index contributed by atoms with van der Waals surface area (Å²) in [6.45, 7) is 3.50. The second-order valence-electron chi connectivity index (χ2n) is 4.59. The van der Waals surface area contributed by atoms with E-state index in [1.54, 1.807) is 19.4 Å². The normalized spacial score (nSPS) is 10.2. The second kappa shape index (κ2) is 8.09. The first-order valence-corrected chi connectivity index (χ1v) is 7.14. The van der Waals surface area contributed by atoms with Crippen LogP contribution < -0.4 is 14.8 Å². The molecule has 2 aromatic rings. The first kappa shape index (κ1) is 15.1. The Labute approximate surface area is 125 Å². The molecule has 0 radical (unpaired) electrons. The summed E-state index contributed by atoms with van der Waals surface area (Å²) in [5, 5.41) is 3.21. The van der Waals surface area contributed by atoms with Crippen LogP contribution in [0, 0.1) is 0 Å². The topological polar surface area (TPSA) is 56.3 Å². The van der Waals surface area contributed by atoms with Gasteiger partial charge in [-0.3, -0.25) is 0 Å². The van der Waals surface area contributed by atoms with Gasteiger partial charge in [-0.2, -0.15) is 4.98 Å². The molecule has 0 saturated heterocycles. The third-order valence-electron chi connectivity index (χ3n) is 2.94. The van der Waals surface area contributed by atoms with Gasteiger partial charge in [-0.25, -0.2) is 4.98 Å². The summed E-state index contributed by atoms with van der Waals surface area (Å²) in [5.74, 6) is 2.08. The highest BCUT2D eigenvalue weighted by Gasteiger charge is 2.00. The zero-order valence-corrected chi connectivity index (χ0v) is 12.5. The molecule has 2 rings (SSSR count). The highest BCUT2D eigenvalue weighted by Crippen LogP contribution is 2.12. The van der Waals surface area contributed by atoms with E-state index in [0.29, 0.717) is 18.4 Å². The number of anilines is 1. The van der Waals surface area contributed by atoms with E-state index >= 15 is 0 Å². The number of hydrogen-bond acceptors (Lipinski definition) is 5. The van der Waals surface area contributed by atoms with E-state index in [4.69, 9.17) is 9.47 Å². The van der Waals surface area contributed by atoms with Crippen LogP contribution in [0.15, 0.2) is 36.5 Å². The minimum Gasteiger partial charge on any atom is -0.497 e. The largest absolute Gasteiger partial charge is 0.497 e. The van der Waals surface area contributed by atoms with Gasteiger partial charge in [-0.1, -0.05) is 19.1 Å². The van der Waals surface area contributed by atoms with Crippen LogP contribution in [-0.4, -0.2) is 30.2 Å². The SMILES string of the molecule is CCCOc1ccnc(NCCc2ccc(OC)cc2)n1. The standard InChI is InChI=1S/C16H21N3O2/c1-3-12-21-15-9-11-18-16(19-15)17-10-8-13-4-6-14(20-2)7-5-13/h4-7,9,11H,3,8,10,12H2,1-2H3,(H,17,18,19). The fraction of sp³-hybridized carbons (Fsp3) is 0.375. The Morgan fingerprint density at radius 1 is 1.14 bits per heavy atom. The molecule has 112 valence electrons. The monoisotopic (exact) mass is 287 g/mol. The molecular weight excluding hydrogens is 266 g/mol. The minimum atomic E-state index is 0.595. The van der Waals surface area contributed by atoms with Gasteiger partial charge in [-0.05, 0) is 30.5 Å². The predicted molar refractivity (Wildman–Crippen MR) is 83.0 cm³/mol. The fourth-order valence-corrected chi connectivity index (χ4v) is 1.83. The van der Waals surface area contributed by atoms with E-state index in [2.05, 4.69) is 34.3 Å². The quantitative estimate of drug-likeness (QED) is 0.809. The fourth-order valence-electron chi connectivity index (χ4n) is 1.83. The molecular formula is C16H21N3O2. The predicted octanol–water partition coefficient (Wildman–Crippen LogP) is 2.93. The molecule has 21 heavy (non-hydrogen) atoms. The molecule has 0 aliphatic carbocycles. The lowest BCUT2D eigenvalue weighted by molar-refractivity contribution is 0.305. The molecule has 1 aromatic heterocycles. The van der Waals surface area contributed by atoms with Crippen molar-refractivity contribution in [3.8, 4) is 11.6 Å². The summed E-state index contributed by atoms with van der Waals surface area (Å²) >= 11 is 0. The minimum absolute atomic E-state index is 0.595. The zero-order chi connectivity index (χ0) is 14.9. The van der Waals surface area contributed by atoms with E-state index < -0.39 is 0 Å². The summed E-state index contributed by atoms with van der Waals surface area (Å²) in [7, 11) is 1.67. The molecule has 1 aromatic carbocycles. The zero-order valence-electron chi connectivity index (χ0n) is 12.5. The molecule has 0 fully saturated rings. The van der Waals surface area contributed by atoms with Crippen LogP contribution >= 0.6 is 0 Å². The highest BCUT2D eigenvalue weighted by molar-refractivity contribution is 5.30. The van der Waals surface area contributed by atoms with Crippen LogP contribution in [-0.2, 0) is 6.42 Å². The van der Waals surface area contributed by atoms with Crippen LogP contribution in [0.2, 0.25) is 0 Å². The van der Waals surface area contributed by atoms with Gasteiger partial charge < -0.3 is 14.8 Å². The molecule has 0 unspecified atom stereocenters. The van der Waals surface area contributed by atoms with E-state index in [1.807, 2.05) is 12.1 Å². The molecule has 0 aliphatic heterocycles. The van der Waals surface area contributed by atoms with Gasteiger partial charge in [0.2, 0.25) is 11.8 Å². The first-order valence-electron chi connectivity index (χ1n) is 7.14. The van der Waals surface area contributed by atoms with Gasteiger partial charge in [0.15, 0.2) is 0 Å². The lowest BCUT2D eigenvalue weighted by Crippen LogP contribution is -2.08. The van der Waals surface area contributed by atoms with Crippen molar-refractivity contribution < 1.29 is 9.47 Å². The third kappa shape index (κ3) is 4.95. The van der Waals surface area contributed by atoms with Gasteiger partial charge in [0.05, 0.1) is 13.7 Å². The molecule has 1 heterocycles. The van der Waals surface area contributed by atoms with Crippen molar-refractivity contribution in [2.24, 2.45) is 0 Å². The number of nitrogens with one attached hydrogen (secondary N) is 1. The lowest BCUT2D eigenvalue weighted by Gasteiger charge is -2.07. The van der Waals surface area contributed by atoms with E-state index in [1.165, 1.54) is 5.56 Å². The highest BCUT2D eigenvalue weighted by atomic mass is 16.5. The Hall–Kier alpha value is -2.30. The van der Waals surface area contributed by atoms with Gasteiger partial charge in [0, 0.05) is 18.8 Å². The number of aromatic nitrogens is 2. The Kier molecular flexibility index (Phi) is 5.82. The van der Waals surface area contributed by atoms with Crippen molar-refractivity contribution in [1.29, 1.82) is 0 Å². The lowest BCUT2D eigenvalue weighted by atomic mass is 10.1. The first-order chi connectivity index (χ1) is 10.3. The number of benzene rings is 1. The third-order valence-corrected chi connectivity index (χ3v) is 2.94. The average Bonchev–Trinajstić information content (AvgIpc) is 2.54. The molecule has 1 N–H and O–H groups in total. The van der Waals surface area contributed by atoms with Crippen LogP contribution in [0.3, 0.4) is 0 Å². The van der Waals surface area contributed by atoms with E-state index in [9.17, 15) is 0 Å². The van der Waals surface area contributed by atoms with Crippen molar-refractivity contribution >= 4 is 5.95 Å². The van der Waals surface area contributed by atoms with Gasteiger partial charge >= 0.3 is 0 Å².